The number of nitrogens with zero attached hydrogens (tertiary/aromatic N) is 2. The van der Waals surface area contributed by atoms with Gasteiger partial charge >= 0.3 is 6.18 Å². The average molecular weight is 297 g/mol. The fourth-order valence-corrected chi connectivity index (χ4v) is 2.32. The van der Waals surface area contributed by atoms with Crippen LogP contribution in [0, 0.1) is 0 Å². The molecule has 0 unspecified atom stereocenters. The average Bonchev–Trinajstić information content (AvgIpc) is 2.70. The van der Waals surface area contributed by atoms with Crippen molar-refractivity contribution in [2.24, 2.45) is 0 Å². The van der Waals surface area contributed by atoms with E-state index in [1.807, 2.05) is 0 Å². The number of hydrogen-bond acceptors (Lipinski definition) is 4. The van der Waals surface area contributed by atoms with Gasteiger partial charge in [0.1, 0.15) is 4.83 Å². The summed E-state index contributed by atoms with van der Waals surface area (Å²) in [6.07, 6.45) is -5.15. The molecule has 0 aromatic carbocycles. The molecule has 0 N–H and O–H groups in total. The summed E-state index contributed by atoms with van der Waals surface area (Å²) in [6.45, 7) is -0.0577. The third-order valence-electron chi connectivity index (χ3n) is 2.11. The van der Waals surface area contributed by atoms with E-state index in [4.69, 9.17) is 16.3 Å². The van der Waals surface area contributed by atoms with E-state index < -0.39 is 12.6 Å². The van der Waals surface area contributed by atoms with Crippen LogP contribution in [0.5, 0.6) is 5.88 Å². The van der Waals surface area contributed by atoms with Crippen LogP contribution in [0.4, 0.5) is 13.2 Å². The topological polar surface area (TPSA) is 35.0 Å². The highest BCUT2D eigenvalue weighted by Crippen LogP contribution is 2.28. The molecule has 0 aliphatic rings. The summed E-state index contributed by atoms with van der Waals surface area (Å²) >= 11 is 7.05. The van der Waals surface area contributed by atoms with Gasteiger partial charge in [0.2, 0.25) is 11.2 Å². The molecule has 0 saturated heterocycles. The predicted octanol–water partition coefficient (Wildman–Crippen LogP) is 4.07. The third-order valence-corrected chi connectivity index (χ3v) is 3.08. The highest BCUT2D eigenvalue weighted by Gasteiger charge is 2.26. The fourth-order valence-electron chi connectivity index (χ4n) is 1.35. The fraction of sp³-hybridized carbons (Fsp3) is 0.400. The number of hydrogen-bond donors (Lipinski definition) is 0. The summed E-state index contributed by atoms with van der Waals surface area (Å²) in [5.41, 5.74) is 0. The van der Waals surface area contributed by atoms with E-state index in [1.165, 1.54) is 11.3 Å². The minimum atomic E-state index is -4.16. The molecule has 0 atom stereocenters. The Balaban J connectivity index is 2.01. The first-order chi connectivity index (χ1) is 8.46. The van der Waals surface area contributed by atoms with Crippen LogP contribution in [0.3, 0.4) is 0 Å². The van der Waals surface area contributed by atoms with Crippen LogP contribution >= 0.6 is 22.9 Å². The summed E-state index contributed by atoms with van der Waals surface area (Å²) in [7, 11) is 0. The Labute approximate surface area is 110 Å². The Morgan fingerprint density at radius 3 is 2.83 bits per heavy atom. The first kappa shape index (κ1) is 13.4. The Hall–Kier alpha value is -1.08. The lowest BCUT2D eigenvalue weighted by Crippen LogP contribution is -2.10. The Kier molecular flexibility index (Phi) is 3.91. The van der Waals surface area contributed by atoms with Gasteiger partial charge in [-0.15, -0.1) is 11.3 Å². The van der Waals surface area contributed by atoms with Crippen LogP contribution in [0.25, 0.3) is 10.2 Å². The highest BCUT2D eigenvalue weighted by molar-refractivity contribution is 7.16. The van der Waals surface area contributed by atoms with Crippen LogP contribution in [-0.4, -0.2) is 22.8 Å². The largest absolute Gasteiger partial charge is 0.477 e. The van der Waals surface area contributed by atoms with Crippen molar-refractivity contribution < 1.29 is 17.9 Å². The first-order valence-electron chi connectivity index (χ1n) is 5.06. The van der Waals surface area contributed by atoms with Crippen LogP contribution in [0.2, 0.25) is 5.28 Å². The Bertz CT molecular complexity index is 543. The zero-order chi connectivity index (χ0) is 13.2. The molecule has 0 aliphatic heterocycles. The maximum Gasteiger partial charge on any atom is 0.389 e. The van der Waals surface area contributed by atoms with Gasteiger partial charge in [-0.1, -0.05) is 0 Å². The van der Waals surface area contributed by atoms with E-state index in [0.29, 0.717) is 10.2 Å². The lowest BCUT2D eigenvalue weighted by Gasteiger charge is -2.08. The van der Waals surface area contributed by atoms with Crippen molar-refractivity contribution >= 4 is 33.2 Å². The molecule has 18 heavy (non-hydrogen) atoms. The van der Waals surface area contributed by atoms with E-state index in [0.717, 1.165) is 0 Å². The molecular formula is C10H8ClF3N2OS. The third kappa shape index (κ3) is 3.46. The molecule has 8 heteroatoms. The second-order valence-electron chi connectivity index (χ2n) is 3.50. The molecule has 0 radical (unpaired) electrons. The van der Waals surface area contributed by atoms with Crippen LogP contribution in [-0.2, 0) is 0 Å². The number of fused-ring (bicyclic) bond motifs is 1. The van der Waals surface area contributed by atoms with Gasteiger partial charge in [0, 0.05) is 6.42 Å². The van der Waals surface area contributed by atoms with Gasteiger partial charge in [0.25, 0.3) is 0 Å². The van der Waals surface area contributed by atoms with Crippen molar-refractivity contribution in [2.45, 2.75) is 19.0 Å². The molecule has 2 aromatic rings. The van der Waals surface area contributed by atoms with Gasteiger partial charge < -0.3 is 4.74 Å². The predicted molar refractivity (Wildman–Crippen MR) is 63.2 cm³/mol. The highest BCUT2D eigenvalue weighted by atomic mass is 35.5. The van der Waals surface area contributed by atoms with Gasteiger partial charge in [-0.25, -0.2) is 4.98 Å². The molecule has 3 nitrogen and oxygen atoms in total. The van der Waals surface area contributed by atoms with E-state index in [9.17, 15) is 13.2 Å². The molecule has 0 fully saturated rings. The lowest BCUT2D eigenvalue weighted by molar-refractivity contribution is -0.136. The van der Waals surface area contributed by atoms with Crippen molar-refractivity contribution in [3.8, 4) is 5.88 Å². The van der Waals surface area contributed by atoms with E-state index >= 15 is 0 Å². The normalized spacial score (nSPS) is 12.0. The molecule has 0 saturated carbocycles. The number of ether oxygens (including phenoxy) is 1. The van der Waals surface area contributed by atoms with Crippen molar-refractivity contribution in [1.29, 1.82) is 0 Å². The number of alkyl halides is 3. The molecule has 2 aromatic heterocycles. The lowest BCUT2D eigenvalue weighted by atomic mass is 10.3. The summed E-state index contributed by atoms with van der Waals surface area (Å²) in [5, 5.41) is 2.48. The molecule has 0 aliphatic carbocycles. The van der Waals surface area contributed by atoms with Gasteiger partial charge in [0.05, 0.1) is 12.0 Å². The Morgan fingerprint density at radius 2 is 2.11 bits per heavy atom. The molecule has 2 rings (SSSR count). The maximum atomic E-state index is 11.9. The minimum absolute atomic E-state index is 0.0239. The summed E-state index contributed by atoms with van der Waals surface area (Å²) in [5.74, 6) is 0.230. The van der Waals surface area contributed by atoms with Gasteiger partial charge in [0.15, 0.2) is 0 Å². The number of halogens is 4. The number of aromatic nitrogens is 2. The second-order valence-corrected chi connectivity index (χ2v) is 4.74. The van der Waals surface area contributed by atoms with Gasteiger partial charge in [-0.2, -0.15) is 18.2 Å². The molecular weight excluding hydrogens is 289 g/mol. The summed E-state index contributed by atoms with van der Waals surface area (Å²) in [6, 6.07) is 1.75. The molecule has 2 heterocycles. The molecule has 0 spiro atoms. The number of rotatable bonds is 4. The van der Waals surface area contributed by atoms with Crippen molar-refractivity contribution in [3.05, 3.63) is 16.7 Å². The van der Waals surface area contributed by atoms with Gasteiger partial charge in [-0.05, 0) is 29.5 Å². The first-order valence-corrected chi connectivity index (χ1v) is 6.32. The smallest absolute Gasteiger partial charge is 0.389 e. The quantitative estimate of drug-likeness (QED) is 0.630. The maximum absolute atomic E-state index is 11.9. The van der Waals surface area contributed by atoms with E-state index in [1.54, 1.807) is 11.4 Å². The zero-order valence-electron chi connectivity index (χ0n) is 9.00. The van der Waals surface area contributed by atoms with Crippen LogP contribution in [0.15, 0.2) is 11.4 Å². The van der Waals surface area contributed by atoms with Gasteiger partial charge in [-0.3, -0.25) is 0 Å². The van der Waals surface area contributed by atoms with Crippen LogP contribution < -0.4 is 4.74 Å². The Morgan fingerprint density at radius 1 is 1.33 bits per heavy atom. The summed E-state index contributed by atoms with van der Waals surface area (Å²) < 4.78 is 41.1. The van der Waals surface area contributed by atoms with Crippen LogP contribution in [0.1, 0.15) is 12.8 Å². The van der Waals surface area contributed by atoms with E-state index in [-0.39, 0.29) is 24.2 Å². The van der Waals surface area contributed by atoms with E-state index in [2.05, 4.69) is 9.97 Å². The van der Waals surface area contributed by atoms with Crippen molar-refractivity contribution in [1.82, 2.24) is 9.97 Å². The summed E-state index contributed by atoms with van der Waals surface area (Å²) in [4.78, 5) is 8.50. The standard InChI is InChI=1S/C10H8ClF3N2OS/c11-9-15-7(6-2-5-18-8(6)16-9)17-4-1-3-10(12,13)14/h2,5H,1,3-4H2. The number of thiophene rings is 1. The minimum Gasteiger partial charge on any atom is -0.477 e. The molecule has 98 valence electrons. The van der Waals surface area contributed by atoms with Crippen molar-refractivity contribution in [2.75, 3.05) is 6.61 Å². The monoisotopic (exact) mass is 296 g/mol. The second kappa shape index (κ2) is 5.27. The zero-order valence-corrected chi connectivity index (χ0v) is 10.6. The molecule has 0 bridgehead atoms. The van der Waals surface area contributed by atoms with Crippen molar-refractivity contribution in [3.63, 3.8) is 0 Å². The SMILES string of the molecule is FC(F)(F)CCCOc1nc(Cl)nc2sccc12. The molecule has 0 amide bonds.